The van der Waals surface area contributed by atoms with Crippen LogP contribution in [0.4, 0.5) is 4.39 Å². The van der Waals surface area contributed by atoms with Crippen LogP contribution in [0.5, 0.6) is 11.5 Å². The minimum Gasteiger partial charge on any atom is -0.493 e. The van der Waals surface area contributed by atoms with Gasteiger partial charge in [-0.15, -0.1) is 0 Å². The fraction of sp³-hybridized carbons (Fsp3) is 0.190. The molecule has 0 spiro atoms. The van der Waals surface area contributed by atoms with Crippen LogP contribution in [0.1, 0.15) is 15.9 Å². The smallest absolute Gasteiger partial charge is 0.258 e. The van der Waals surface area contributed by atoms with E-state index in [4.69, 9.17) is 9.47 Å². The van der Waals surface area contributed by atoms with Crippen molar-refractivity contribution in [3.05, 3.63) is 71.5 Å². The standard InChI is InChI=1S/C21H20FNO3/c1-25-18-10-9-17(22)19(20(18)26-2)21(24)23-12-11-14-7-8-15-5-3-4-6-16(15)13-14/h3-10,13H,11-12H2,1-2H3,(H,23,24). The lowest BCUT2D eigenvalue weighted by Crippen LogP contribution is -2.27. The summed E-state index contributed by atoms with van der Waals surface area (Å²) >= 11 is 0. The van der Waals surface area contributed by atoms with Gasteiger partial charge in [0.25, 0.3) is 5.91 Å². The number of fused-ring (bicyclic) bond motifs is 1. The molecule has 0 unspecified atom stereocenters. The number of methoxy groups -OCH3 is 2. The molecule has 3 aromatic carbocycles. The monoisotopic (exact) mass is 353 g/mol. The predicted octanol–water partition coefficient (Wildman–Crippen LogP) is 3.97. The second-order valence-electron chi connectivity index (χ2n) is 5.85. The SMILES string of the molecule is COc1ccc(F)c(C(=O)NCCc2ccc3ccccc3c2)c1OC. The second-order valence-corrected chi connectivity index (χ2v) is 5.85. The summed E-state index contributed by atoms with van der Waals surface area (Å²) in [5.41, 5.74) is 0.951. The summed E-state index contributed by atoms with van der Waals surface area (Å²) in [6, 6.07) is 16.9. The Kier molecular flexibility index (Phi) is 5.37. The van der Waals surface area contributed by atoms with Gasteiger partial charge in [0.05, 0.1) is 14.2 Å². The van der Waals surface area contributed by atoms with Crippen molar-refractivity contribution >= 4 is 16.7 Å². The van der Waals surface area contributed by atoms with Crippen molar-refractivity contribution in [2.45, 2.75) is 6.42 Å². The van der Waals surface area contributed by atoms with Gasteiger partial charge < -0.3 is 14.8 Å². The molecule has 0 saturated heterocycles. The maximum absolute atomic E-state index is 14.1. The molecule has 0 saturated carbocycles. The molecule has 0 bridgehead atoms. The molecule has 0 aliphatic rings. The fourth-order valence-corrected chi connectivity index (χ4v) is 2.92. The second kappa shape index (κ2) is 7.87. The van der Waals surface area contributed by atoms with E-state index in [9.17, 15) is 9.18 Å². The molecule has 0 aliphatic heterocycles. The maximum atomic E-state index is 14.1. The van der Waals surface area contributed by atoms with Crippen molar-refractivity contribution < 1.29 is 18.7 Å². The van der Waals surface area contributed by atoms with E-state index in [1.165, 1.54) is 31.7 Å². The van der Waals surface area contributed by atoms with Gasteiger partial charge in [-0.1, -0.05) is 42.5 Å². The van der Waals surface area contributed by atoms with Crippen LogP contribution in [-0.4, -0.2) is 26.7 Å². The first-order valence-electron chi connectivity index (χ1n) is 8.30. The Hall–Kier alpha value is -3.08. The molecular formula is C21H20FNO3. The Morgan fingerprint density at radius 1 is 1.00 bits per heavy atom. The molecule has 1 amide bonds. The first kappa shape index (κ1) is 17.7. The molecular weight excluding hydrogens is 333 g/mol. The lowest BCUT2D eigenvalue weighted by Gasteiger charge is -2.13. The Morgan fingerprint density at radius 3 is 2.50 bits per heavy atom. The average molecular weight is 353 g/mol. The number of nitrogens with one attached hydrogen (secondary N) is 1. The molecule has 3 aromatic rings. The normalized spacial score (nSPS) is 10.6. The zero-order valence-electron chi connectivity index (χ0n) is 14.7. The molecule has 3 rings (SSSR count). The third-order valence-electron chi connectivity index (χ3n) is 4.23. The van der Waals surface area contributed by atoms with Crippen molar-refractivity contribution in [3.63, 3.8) is 0 Å². The minimum absolute atomic E-state index is 0.0932. The molecule has 0 fully saturated rings. The Morgan fingerprint density at radius 2 is 1.77 bits per heavy atom. The fourth-order valence-electron chi connectivity index (χ4n) is 2.92. The summed E-state index contributed by atoms with van der Waals surface area (Å²) in [5.74, 6) is -0.769. The summed E-state index contributed by atoms with van der Waals surface area (Å²) in [6.45, 7) is 0.386. The number of benzene rings is 3. The molecule has 0 heterocycles. The minimum atomic E-state index is -0.647. The summed E-state index contributed by atoms with van der Waals surface area (Å²) < 4.78 is 24.4. The van der Waals surface area contributed by atoms with Gasteiger partial charge in [0.2, 0.25) is 0 Å². The van der Waals surface area contributed by atoms with Crippen molar-refractivity contribution in [2.24, 2.45) is 0 Å². The molecule has 1 N–H and O–H groups in total. The molecule has 134 valence electrons. The average Bonchev–Trinajstić information content (AvgIpc) is 2.67. The summed E-state index contributed by atoms with van der Waals surface area (Å²) in [5, 5.41) is 5.07. The van der Waals surface area contributed by atoms with Crippen LogP contribution in [0.3, 0.4) is 0 Å². The van der Waals surface area contributed by atoms with Gasteiger partial charge in [0, 0.05) is 6.54 Å². The molecule has 0 aliphatic carbocycles. The van der Waals surface area contributed by atoms with Crippen LogP contribution in [-0.2, 0) is 6.42 Å². The summed E-state index contributed by atoms with van der Waals surface area (Å²) in [7, 11) is 2.82. The quantitative estimate of drug-likeness (QED) is 0.729. The van der Waals surface area contributed by atoms with E-state index in [-0.39, 0.29) is 11.3 Å². The van der Waals surface area contributed by atoms with Crippen LogP contribution in [0.2, 0.25) is 0 Å². The first-order chi connectivity index (χ1) is 12.6. The van der Waals surface area contributed by atoms with Gasteiger partial charge in [-0.05, 0) is 34.9 Å². The van der Waals surface area contributed by atoms with Crippen molar-refractivity contribution in [2.75, 3.05) is 20.8 Å². The molecule has 26 heavy (non-hydrogen) atoms. The number of carbonyl (C=O) groups excluding carboxylic acids is 1. The zero-order valence-corrected chi connectivity index (χ0v) is 14.7. The van der Waals surface area contributed by atoms with Crippen LogP contribution in [0, 0.1) is 5.82 Å². The maximum Gasteiger partial charge on any atom is 0.258 e. The number of carbonyl (C=O) groups is 1. The number of halogens is 1. The van der Waals surface area contributed by atoms with Gasteiger partial charge in [-0.25, -0.2) is 4.39 Å². The number of rotatable bonds is 6. The molecule has 5 heteroatoms. The van der Waals surface area contributed by atoms with Crippen LogP contribution >= 0.6 is 0 Å². The van der Waals surface area contributed by atoms with Crippen LogP contribution in [0.15, 0.2) is 54.6 Å². The van der Waals surface area contributed by atoms with Crippen LogP contribution in [0.25, 0.3) is 10.8 Å². The zero-order chi connectivity index (χ0) is 18.5. The van der Waals surface area contributed by atoms with Crippen molar-refractivity contribution in [1.29, 1.82) is 0 Å². The summed E-state index contributed by atoms with van der Waals surface area (Å²) in [4.78, 5) is 12.4. The van der Waals surface area contributed by atoms with Gasteiger partial charge in [-0.2, -0.15) is 0 Å². The highest BCUT2D eigenvalue weighted by Crippen LogP contribution is 2.32. The Labute approximate surface area is 151 Å². The highest BCUT2D eigenvalue weighted by Gasteiger charge is 2.21. The largest absolute Gasteiger partial charge is 0.493 e. The van der Waals surface area contributed by atoms with E-state index in [2.05, 4.69) is 23.5 Å². The predicted molar refractivity (Wildman–Crippen MR) is 99.5 cm³/mol. The lowest BCUT2D eigenvalue weighted by molar-refractivity contribution is 0.0946. The number of ether oxygens (including phenoxy) is 2. The highest BCUT2D eigenvalue weighted by atomic mass is 19.1. The Balaban J connectivity index is 1.70. The third kappa shape index (κ3) is 3.61. The van der Waals surface area contributed by atoms with Gasteiger partial charge in [-0.3, -0.25) is 4.79 Å². The van der Waals surface area contributed by atoms with Gasteiger partial charge in [0.15, 0.2) is 11.5 Å². The number of hydrogen-bond acceptors (Lipinski definition) is 3. The lowest BCUT2D eigenvalue weighted by atomic mass is 10.1. The van der Waals surface area contributed by atoms with E-state index in [0.29, 0.717) is 18.7 Å². The van der Waals surface area contributed by atoms with E-state index < -0.39 is 11.7 Å². The van der Waals surface area contributed by atoms with E-state index >= 15 is 0 Å². The topological polar surface area (TPSA) is 47.6 Å². The molecule has 0 radical (unpaired) electrons. The third-order valence-corrected chi connectivity index (χ3v) is 4.23. The highest BCUT2D eigenvalue weighted by molar-refractivity contribution is 5.98. The van der Waals surface area contributed by atoms with E-state index in [0.717, 1.165) is 10.9 Å². The van der Waals surface area contributed by atoms with Crippen molar-refractivity contribution in [3.8, 4) is 11.5 Å². The van der Waals surface area contributed by atoms with Gasteiger partial charge in [0.1, 0.15) is 11.4 Å². The number of hydrogen-bond donors (Lipinski definition) is 1. The first-order valence-corrected chi connectivity index (χ1v) is 8.30. The van der Waals surface area contributed by atoms with Gasteiger partial charge >= 0.3 is 0 Å². The molecule has 0 aromatic heterocycles. The van der Waals surface area contributed by atoms with E-state index in [1.54, 1.807) is 0 Å². The number of amides is 1. The molecule has 4 nitrogen and oxygen atoms in total. The van der Waals surface area contributed by atoms with Crippen LogP contribution < -0.4 is 14.8 Å². The Bertz CT molecular complexity index is 940. The summed E-state index contributed by atoms with van der Waals surface area (Å²) in [6.07, 6.45) is 0.643. The van der Waals surface area contributed by atoms with Crippen molar-refractivity contribution in [1.82, 2.24) is 5.32 Å². The molecule has 0 atom stereocenters. The van der Waals surface area contributed by atoms with E-state index in [1.807, 2.05) is 24.3 Å².